The number of fused-ring (bicyclic) bond motifs is 1. The molecular formula is C17H21N3. The van der Waals surface area contributed by atoms with Crippen LogP contribution in [0.25, 0.3) is 10.9 Å². The molecule has 104 valence electrons. The van der Waals surface area contributed by atoms with Gasteiger partial charge in [0.15, 0.2) is 0 Å². The summed E-state index contributed by atoms with van der Waals surface area (Å²) in [6, 6.07) is 10.1. The van der Waals surface area contributed by atoms with Crippen molar-refractivity contribution in [2.24, 2.45) is 11.3 Å². The van der Waals surface area contributed by atoms with E-state index >= 15 is 0 Å². The standard InChI is InChI=1S/C17H21N3/c1-17(2,3)11-6-9-16(20-18)14-10-12-19-15-8-5-4-7-13(14)15/h4-5,7-8,10,12,16,20H,9,18H2,1-3H3. The number of aromatic nitrogens is 1. The van der Waals surface area contributed by atoms with Gasteiger partial charge in [-0.15, -0.1) is 5.92 Å². The molecule has 1 aromatic heterocycles. The summed E-state index contributed by atoms with van der Waals surface area (Å²) in [5, 5.41) is 1.12. The number of hydrogen-bond acceptors (Lipinski definition) is 3. The Morgan fingerprint density at radius 3 is 2.70 bits per heavy atom. The molecule has 0 aliphatic carbocycles. The van der Waals surface area contributed by atoms with Gasteiger partial charge in [0, 0.05) is 23.4 Å². The molecule has 2 aromatic rings. The predicted octanol–water partition coefficient (Wildman–Crippen LogP) is 3.18. The summed E-state index contributed by atoms with van der Waals surface area (Å²) in [7, 11) is 0. The zero-order chi connectivity index (χ0) is 14.6. The summed E-state index contributed by atoms with van der Waals surface area (Å²) >= 11 is 0. The van der Waals surface area contributed by atoms with Crippen molar-refractivity contribution in [3.05, 3.63) is 42.1 Å². The Balaban J connectivity index is 2.32. The van der Waals surface area contributed by atoms with Crippen LogP contribution in [0.15, 0.2) is 36.5 Å². The SMILES string of the molecule is CC(C)(C)C#CCC(NN)c1ccnc2ccccc12. The number of rotatable bonds is 3. The molecule has 1 heterocycles. The highest BCUT2D eigenvalue weighted by Gasteiger charge is 2.12. The number of benzene rings is 1. The van der Waals surface area contributed by atoms with Crippen molar-refractivity contribution in [3.8, 4) is 11.8 Å². The van der Waals surface area contributed by atoms with Crippen LogP contribution in [0.3, 0.4) is 0 Å². The maximum Gasteiger partial charge on any atom is 0.0705 e. The quantitative estimate of drug-likeness (QED) is 0.510. The van der Waals surface area contributed by atoms with E-state index < -0.39 is 0 Å². The largest absolute Gasteiger partial charge is 0.271 e. The predicted molar refractivity (Wildman–Crippen MR) is 83.7 cm³/mol. The van der Waals surface area contributed by atoms with Crippen LogP contribution in [0.1, 0.15) is 38.8 Å². The normalized spacial score (nSPS) is 12.8. The zero-order valence-corrected chi connectivity index (χ0v) is 12.3. The van der Waals surface area contributed by atoms with Gasteiger partial charge in [-0.2, -0.15) is 0 Å². The van der Waals surface area contributed by atoms with E-state index in [2.05, 4.69) is 49.1 Å². The Kier molecular flexibility index (Phi) is 4.39. The highest BCUT2D eigenvalue weighted by Crippen LogP contribution is 2.24. The van der Waals surface area contributed by atoms with Crippen LogP contribution in [0.2, 0.25) is 0 Å². The molecule has 2 rings (SSSR count). The van der Waals surface area contributed by atoms with Crippen LogP contribution in [0.5, 0.6) is 0 Å². The molecule has 0 radical (unpaired) electrons. The number of hydrogen-bond donors (Lipinski definition) is 2. The first-order valence-corrected chi connectivity index (χ1v) is 6.81. The average Bonchev–Trinajstić information content (AvgIpc) is 2.42. The van der Waals surface area contributed by atoms with E-state index in [1.165, 1.54) is 0 Å². The van der Waals surface area contributed by atoms with Gasteiger partial charge >= 0.3 is 0 Å². The van der Waals surface area contributed by atoms with Gasteiger partial charge in [-0.05, 0) is 38.5 Å². The van der Waals surface area contributed by atoms with E-state index in [4.69, 9.17) is 5.84 Å². The fraction of sp³-hybridized carbons (Fsp3) is 0.353. The number of nitrogens with two attached hydrogens (primary N) is 1. The monoisotopic (exact) mass is 267 g/mol. The third-order valence-electron chi connectivity index (χ3n) is 3.03. The fourth-order valence-corrected chi connectivity index (χ4v) is 2.10. The minimum atomic E-state index is 0.0118. The summed E-state index contributed by atoms with van der Waals surface area (Å²) in [6.45, 7) is 6.31. The Labute approximate surface area is 120 Å². The summed E-state index contributed by atoms with van der Waals surface area (Å²) in [5.41, 5.74) is 5.00. The lowest BCUT2D eigenvalue weighted by Gasteiger charge is -2.16. The number of pyridine rings is 1. The minimum absolute atomic E-state index is 0.0118. The molecule has 1 atom stereocenters. The Bertz CT molecular complexity index is 639. The molecule has 3 N–H and O–H groups in total. The highest BCUT2D eigenvalue weighted by atomic mass is 15.2. The van der Waals surface area contributed by atoms with E-state index in [9.17, 15) is 0 Å². The molecule has 0 aliphatic rings. The molecule has 3 heteroatoms. The van der Waals surface area contributed by atoms with Crippen LogP contribution in [0, 0.1) is 17.3 Å². The lowest BCUT2D eigenvalue weighted by Crippen LogP contribution is -2.28. The fourth-order valence-electron chi connectivity index (χ4n) is 2.10. The lowest BCUT2D eigenvalue weighted by molar-refractivity contribution is 0.557. The number of nitrogens with zero attached hydrogens (tertiary/aromatic N) is 1. The molecule has 3 nitrogen and oxygen atoms in total. The van der Waals surface area contributed by atoms with Crippen molar-refractivity contribution in [1.82, 2.24) is 10.4 Å². The van der Waals surface area contributed by atoms with Gasteiger partial charge in [-0.1, -0.05) is 24.1 Å². The maximum absolute atomic E-state index is 5.71. The van der Waals surface area contributed by atoms with Crippen molar-refractivity contribution in [2.75, 3.05) is 0 Å². The first-order chi connectivity index (χ1) is 9.51. The van der Waals surface area contributed by atoms with Gasteiger partial charge in [-0.3, -0.25) is 16.3 Å². The molecular weight excluding hydrogens is 246 g/mol. The van der Waals surface area contributed by atoms with Crippen LogP contribution in [-0.2, 0) is 0 Å². The summed E-state index contributed by atoms with van der Waals surface area (Å²) in [5.74, 6) is 12.2. The topological polar surface area (TPSA) is 50.9 Å². The molecule has 1 unspecified atom stereocenters. The molecule has 0 saturated heterocycles. The molecule has 0 aliphatic heterocycles. The van der Waals surface area contributed by atoms with Crippen molar-refractivity contribution in [3.63, 3.8) is 0 Å². The molecule has 0 fully saturated rings. The number of hydrazine groups is 1. The van der Waals surface area contributed by atoms with Gasteiger partial charge in [0.05, 0.1) is 11.6 Å². The second-order valence-corrected chi connectivity index (χ2v) is 5.89. The van der Waals surface area contributed by atoms with E-state index in [1.807, 2.05) is 30.5 Å². The third-order valence-corrected chi connectivity index (χ3v) is 3.03. The van der Waals surface area contributed by atoms with E-state index in [1.54, 1.807) is 0 Å². The zero-order valence-electron chi connectivity index (χ0n) is 12.3. The van der Waals surface area contributed by atoms with Gasteiger partial charge in [0.25, 0.3) is 0 Å². The van der Waals surface area contributed by atoms with Crippen molar-refractivity contribution in [1.29, 1.82) is 0 Å². The van der Waals surface area contributed by atoms with Crippen LogP contribution >= 0.6 is 0 Å². The third kappa shape index (κ3) is 3.57. The van der Waals surface area contributed by atoms with E-state index in [-0.39, 0.29) is 11.5 Å². The van der Waals surface area contributed by atoms with Crippen molar-refractivity contribution in [2.45, 2.75) is 33.2 Å². The minimum Gasteiger partial charge on any atom is -0.271 e. The van der Waals surface area contributed by atoms with E-state index in [0.29, 0.717) is 6.42 Å². The molecule has 0 spiro atoms. The van der Waals surface area contributed by atoms with Crippen LogP contribution in [0.4, 0.5) is 0 Å². The number of nitrogens with one attached hydrogen (secondary N) is 1. The van der Waals surface area contributed by atoms with E-state index in [0.717, 1.165) is 16.5 Å². The van der Waals surface area contributed by atoms with Gasteiger partial charge in [0.2, 0.25) is 0 Å². The molecule has 20 heavy (non-hydrogen) atoms. The Morgan fingerprint density at radius 2 is 2.00 bits per heavy atom. The van der Waals surface area contributed by atoms with Crippen molar-refractivity contribution < 1.29 is 0 Å². The first kappa shape index (κ1) is 14.5. The summed E-state index contributed by atoms with van der Waals surface area (Å²) in [4.78, 5) is 4.37. The Morgan fingerprint density at radius 1 is 1.25 bits per heavy atom. The molecule has 0 bridgehead atoms. The molecule has 1 aromatic carbocycles. The smallest absolute Gasteiger partial charge is 0.0705 e. The highest BCUT2D eigenvalue weighted by molar-refractivity contribution is 5.82. The van der Waals surface area contributed by atoms with Crippen molar-refractivity contribution >= 4 is 10.9 Å². The van der Waals surface area contributed by atoms with Gasteiger partial charge < -0.3 is 0 Å². The molecule has 0 amide bonds. The summed E-state index contributed by atoms with van der Waals surface area (Å²) in [6.07, 6.45) is 2.50. The second-order valence-electron chi connectivity index (χ2n) is 5.89. The van der Waals surface area contributed by atoms with Gasteiger partial charge in [-0.25, -0.2) is 0 Å². The molecule has 0 saturated carbocycles. The van der Waals surface area contributed by atoms with Gasteiger partial charge in [0.1, 0.15) is 0 Å². The lowest BCUT2D eigenvalue weighted by atomic mass is 9.96. The summed E-state index contributed by atoms with van der Waals surface area (Å²) < 4.78 is 0. The Hall–Kier alpha value is -1.89. The average molecular weight is 267 g/mol. The second kappa shape index (κ2) is 6.04. The first-order valence-electron chi connectivity index (χ1n) is 6.81. The van der Waals surface area contributed by atoms with Crippen LogP contribution < -0.4 is 11.3 Å². The maximum atomic E-state index is 5.71. The van der Waals surface area contributed by atoms with Crippen LogP contribution in [-0.4, -0.2) is 4.98 Å². The number of para-hydroxylation sites is 1.